The van der Waals surface area contributed by atoms with E-state index in [0.29, 0.717) is 49.1 Å². The Hall–Kier alpha value is -2.78. The van der Waals surface area contributed by atoms with Gasteiger partial charge in [-0.25, -0.2) is 8.42 Å². The van der Waals surface area contributed by atoms with Gasteiger partial charge in [0.25, 0.3) is 15.9 Å². The van der Waals surface area contributed by atoms with E-state index in [1.54, 1.807) is 29.2 Å². The van der Waals surface area contributed by atoms with Crippen LogP contribution in [0, 0.1) is 0 Å². The van der Waals surface area contributed by atoms with Gasteiger partial charge in [0, 0.05) is 30.4 Å². The molecule has 2 aromatic rings. The second-order valence-corrected chi connectivity index (χ2v) is 7.79. The van der Waals surface area contributed by atoms with Crippen LogP contribution in [0.15, 0.2) is 47.4 Å². The molecule has 1 N–H and O–H groups in total. The number of morpholine rings is 1. The summed E-state index contributed by atoms with van der Waals surface area (Å²) < 4.78 is 43.3. The number of nitrogens with one attached hydrogen (secondary N) is 1. The SMILES string of the molecule is COc1ccc(S(=O)(=O)Nc2ccc(C(=O)N3CCOCC3)cc2)cc1OC. The van der Waals surface area contributed by atoms with Crippen LogP contribution < -0.4 is 14.2 Å². The molecule has 3 rings (SSSR count). The maximum absolute atomic E-state index is 12.6. The van der Waals surface area contributed by atoms with Gasteiger partial charge >= 0.3 is 0 Å². The van der Waals surface area contributed by atoms with Gasteiger partial charge < -0.3 is 19.1 Å². The number of nitrogens with zero attached hydrogens (tertiary/aromatic N) is 1. The normalized spacial score (nSPS) is 14.4. The van der Waals surface area contributed by atoms with Gasteiger partial charge in [-0.2, -0.15) is 0 Å². The standard InChI is InChI=1S/C19H22N2O6S/c1-25-17-8-7-16(13-18(17)26-2)28(23,24)20-15-5-3-14(4-6-15)19(22)21-9-11-27-12-10-21/h3-8,13,20H,9-12H2,1-2H3. The smallest absolute Gasteiger partial charge is 0.262 e. The first-order chi connectivity index (χ1) is 13.4. The Labute approximate surface area is 164 Å². The Balaban J connectivity index is 1.75. The van der Waals surface area contributed by atoms with Crippen LogP contribution in [-0.4, -0.2) is 59.7 Å². The van der Waals surface area contributed by atoms with Gasteiger partial charge in [0.2, 0.25) is 0 Å². The van der Waals surface area contributed by atoms with Crippen molar-refractivity contribution in [2.24, 2.45) is 0 Å². The lowest BCUT2D eigenvalue weighted by Crippen LogP contribution is -2.40. The fourth-order valence-electron chi connectivity index (χ4n) is 2.83. The first-order valence-corrected chi connectivity index (χ1v) is 10.1. The van der Waals surface area contributed by atoms with Gasteiger partial charge in [0.15, 0.2) is 11.5 Å². The summed E-state index contributed by atoms with van der Waals surface area (Å²) in [6, 6.07) is 10.7. The molecule has 150 valence electrons. The van der Waals surface area contributed by atoms with E-state index in [-0.39, 0.29) is 10.8 Å². The van der Waals surface area contributed by atoms with Crippen LogP contribution in [0.4, 0.5) is 5.69 Å². The monoisotopic (exact) mass is 406 g/mol. The van der Waals surface area contributed by atoms with Gasteiger partial charge in [0.1, 0.15) is 0 Å². The zero-order valence-corrected chi connectivity index (χ0v) is 16.5. The van der Waals surface area contributed by atoms with Crippen molar-refractivity contribution in [3.8, 4) is 11.5 Å². The number of benzene rings is 2. The van der Waals surface area contributed by atoms with Gasteiger partial charge in [-0.05, 0) is 36.4 Å². The molecule has 28 heavy (non-hydrogen) atoms. The number of methoxy groups -OCH3 is 2. The molecule has 1 amide bonds. The molecule has 0 unspecified atom stereocenters. The minimum absolute atomic E-state index is 0.0404. The fraction of sp³-hybridized carbons (Fsp3) is 0.316. The maximum atomic E-state index is 12.6. The highest BCUT2D eigenvalue weighted by molar-refractivity contribution is 7.92. The second kappa shape index (κ2) is 8.49. The van der Waals surface area contributed by atoms with Crippen LogP contribution in [0.5, 0.6) is 11.5 Å². The molecule has 0 bridgehead atoms. The van der Waals surface area contributed by atoms with E-state index in [1.807, 2.05) is 0 Å². The van der Waals surface area contributed by atoms with Crippen LogP contribution in [0.3, 0.4) is 0 Å². The van der Waals surface area contributed by atoms with Crippen LogP contribution in [0.25, 0.3) is 0 Å². The predicted octanol–water partition coefficient (Wildman–Crippen LogP) is 1.98. The quantitative estimate of drug-likeness (QED) is 0.788. The average molecular weight is 406 g/mol. The zero-order chi connectivity index (χ0) is 20.1. The molecule has 1 heterocycles. The lowest BCUT2D eigenvalue weighted by molar-refractivity contribution is 0.0303. The third-order valence-corrected chi connectivity index (χ3v) is 5.73. The molecule has 0 radical (unpaired) electrons. The number of amides is 1. The number of anilines is 1. The number of sulfonamides is 1. The highest BCUT2D eigenvalue weighted by Crippen LogP contribution is 2.30. The maximum Gasteiger partial charge on any atom is 0.262 e. The van der Waals surface area contributed by atoms with Crippen molar-refractivity contribution in [3.05, 3.63) is 48.0 Å². The van der Waals surface area contributed by atoms with E-state index < -0.39 is 10.0 Å². The lowest BCUT2D eigenvalue weighted by Gasteiger charge is -2.26. The topological polar surface area (TPSA) is 94.2 Å². The fourth-order valence-corrected chi connectivity index (χ4v) is 3.90. The molecule has 1 saturated heterocycles. The largest absolute Gasteiger partial charge is 0.493 e. The van der Waals surface area contributed by atoms with Gasteiger partial charge in [-0.1, -0.05) is 0 Å². The van der Waals surface area contributed by atoms with Crippen molar-refractivity contribution in [1.82, 2.24) is 4.90 Å². The van der Waals surface area contributed by atoms with Crippen LogP contribution in [0.2, 0.25) is 0 Å². The summed E-state index contributed by atoms with van der Waals surface area (Å²) >= 11 is 0. The van der Waals surface area contributed by atoms with E-state index in [9.17, 15) is 13.2 Å². The van der Waals surface area contributed by atoms with Gasteiger partial charge in [-0.3, -0.25) is 9.52 Å². The molecule has 8 nitrogen and oxygen atoms in total. The van der Waals surface area contributed by atoms with E-state index in [1.165, 1.54) is 32.4 Å². The molecule has 0 aromatic heterocycles. The molecule has 0 aliphatic carbocycles. The number of hydrogen-bond acceptors (Lipinski definition) is 6. The molecule has 2 aromatic carbocycles. The minimum atomic E-state index is -3.82. The molecule has 1 fully saturated rings. The summed E-state index contributed by atoms with van der Waals surface area (Å²) in [5, 5.41) is 0. The summed E-state index contributed by atoms with van der Waals surface area (Å²) in [5.41, 5.74) is 0.851. The molecule has 9 heteroatoms. The summed E-state index contributed by atoms with van der Waals surface area (Å²) in [4.78, 5) is 14.2. The highest BCUT2D eigenvalue weighted by atomic mass is 32.2. The Morgan fingerprint density at radius 1 is 1.00 bits per heavy atom. The second-order valence-electron chi connectivity index (χ2n) is 6.10. The molecular formula is C19H22N2O6S. The number of ether oxygens (including phenoxy) is 3. The van der Waals surface area contributed by atoms with Crippen LogP contribution >= 0.6 is 0 Å². The molecular weight excluding hydrogens is 384 g/mol. The Morgan fingerprint density at radius 2 is 1.64 bits per heavy atom. The minimum Gasteiger partial charge on any atom is -0.493 e. The van der Waals surface area contributed by atoms with E-state index in [4.69, 9.17) is 14.2 Å². The first kappa shape index (κ1) is 20.0. The van der Waals surface area contributed by atoms with Crippen LogP contribution in [0.1, 0.15) is 10.4 Å². The third kappa shape index (κ3) is 4.37. The summed E-state index contributed by atoms with van der Waals surface area (Å²) in [7, 11) is -0.909. The lowest BCUT2D eigenvalue weighted by atomic mass is 10.2. The third-order valence-electron chi connectivity index (χ3n) is 4.35. The Morgan fingerprint density at radius 3 is 2.25 bits per heavy atom. The molecule has 1 aliphatic rings. The number of carbonyl (C=O) groups is 1. The van der Waals surface area contributed by atoms with Crippen molar-refractivity contribution in [2.75, 3.05) is 45.2 Å². The van der Waals surface area contributed by atoms with Crippen molar-refractivity contribution in [3.63, 3.8) is 0 Å². The average Bonchev–Trinajstić information content (AvgIpc) is 2.73. The first-order valence-electron chi connectivity index (χ1n) is 8.66. The number of carbonyl (C=O) groups excluding carboxylic acids is 1. The van der Waals surface area contributed by atoms with Crippen molar-refractivity contribution >= 4 is 21.6 Å². The van der Waals surface area contributed by atoms with Gasteiger partial charge in [0.05, 0.1) is 32.3 Å². The number of rotatable bonds is 6. The van der Waals surface area contributed by atoms with Crippen LogP contribution in [-0.2, 0) is 14.8 Å². The molecule has 1 aliphatic heterocycles. The van der Waals surface area contributed by atoms with Crippen molar-refractivity contribution in [2.45, 2.75) is 4.90 Å². The summed E-state index contributed by atoms with van der Waals surface area (Å²) in [6.45, 7) is 2.14. The van der Waals surface area contributed by atoms with E-state index in [2.05, 4.69) is 4.72 Å². The predicted molar refractivity (Wildman–Crippen MR) is 104 cm³/mol. The van der Waals surface area contributed by atoms with E-state index >= 15 is 0 Å². The summed E-state index contributed by atoms with van der Waals surface area (Å²) in [6.07, 6.45) is 0. The summed E-state index contributed by atoms with van der Waals surface area (Å²) in [5.74, 6) is 0.654. The van der Waals surface area contributed by atoms with Crippen molar-refractivity contribution < 1.29 is 27.4 Å². The Kier molecular flexibility index (Phi) is 6.05. The number of hydrogen-bond donors (Lipinski definition) is 1. The van der Waals surface area contributed by atoms with Crippen molar-refractivity contribution in [1.29, 1.82) is 0 Å². The highest BCUT2D eigenvalue weighted by Gasteiger charge is 2.20. The molecule has 0 atom stereocenters. The van der Waals surface area contributed by atoms with E-state index in [0.717, 1.165) is 0 Å². The zero-order valence-electron chi connectivity index (χ0n) is 15.7. The Bertz CT molecular complexity index is 937. The molecule has 0 saturated carbocycles. The van der Waals surface area contributed by atoms with Gasteiger partial charge in [-0.15, -0.1) is 0 Å². The molecule has 0 spiro atoms.